The number of ketones is 1. The summed E-state index contributed by atoms with van der Waals surface area (Å²) in [5.74, 6) is -0.144. The maximum Gasteiger partial charge on any atom is 0.267 e. The average molecular weight is 280 g/mol. The molecule has 1 aliphatic carbocycles. The van der Waals surface area contributed by atoms with Crippen molar-refractivity contribution in [2.45, 2.75) is 43.9 Å². The van der Waals surface area contributed by atoms with E-state index in [1.54, 1.807) is 12.3 Å². The first kappa shape index (κ1) is 14.2. The molecular formula is C14H20N2O2S. The van der Waals surface area contributed by atoms with Gasteiger partial charge in [-0.3, -0.25) is 9.59 Å². The number of rotatable bonds is 4. The van der Waals surface area contributed by atoms with E-state index in [2.05, 4.69) is 16.6 Å². The quantitative estimate of drug-likeness (QED) is 0.833. The third kappa shape index (κ3) is 3.62. The SMILES string of the molecule is CS[C@H]1CCC[C@@H](NC(=O)c2cc(C(C)=O)c[nH]2)C1. The summed E-state index contributed by atoms with van der Waals surface area (Å²) in [4.78, 5) is 26.1. The van der Waals surface area contributed by atoms with Gasteiger partial charge in [-0.1, -0.05) is 6.42 Å². The molecule has 0 radical (unpaired) electrons. The predicted octanol–water partition coefficient (Wildman–Crippen LogP) is 2.62. The lowest BCUT2D eigenvalue weighted by Crippen LogP contribution is -2.39. The Labute approximate surface area is 117 Å². The van der Waals surface area contributed by atoms with Gasteiger partial charge in [-0.2, -0.15) is 11.8 Å². The van der Waals surface area contributed by atoms with Crippen molar-refractivity contribution < 1.29 is 9.59 Å². The van der Waals surface area contributed by atoms with Gasteiger partial charge in [0.15, 0.2) is 5.78 Å². The fourth-order valence-electron chi connectivity index (χ4n) is 2.48. The van der Waals surface area contributed by atoms with Crippen molar-refractivity contribution in [2.24, 2.45) is 0 Å². The van der Waals surface area contributed by atoms with Crippen LogP contribution in [0.5, 0.6) is 0 Å². The van der Waals surface area contributed by atoms with Gasteiger partial charge < -0.3 is 10.3 Å². The Kier molecular flexibility index (Phi) is 4.69. The van der Waals surface area contributed by atoms with E-state index in [0.29, 0.717) is 16.5 Å². The maximum absolute atomic E-state index is 12.1. The lowest BCUT2D eigenvalue weighted by atomic mass is 9.95. The van der Waals surface area contributed by atoms with Crippen LogP contribution in [0.2, 0.25) is 0 Å². The first-order valence-electron chi connectivity index (χ1n) is 6.63. The molecule has 19 heavy (non-hydrogen) atoms. The second-order valence-electron chi connectivity index (χ2n) is 5.05. The number of nitrogens with one attached hydrogen (secondary N) is 2. The van der Waals surface area contributed by atoms with Crippen LogP contribution in [0.1, 0.15) is 53.5 Å². The maximum atomic E-state index is 12.1. The number of H-pyrrole nitrogens is 1. The van der Waals surface area contributed by atoms with E-state index in [0.717, 1.165) is 12.8 Å². The van der Waals surface area contributed by atoms with Crippen molar-refractivity contribution in [2.75, 3.05) is 6.26 Å². The van der Waals surface area contributed by atoms with Gasteiger partial charge in [0, 0.05) is 23.1 Å². The molecule has 2 atom stereocenters. The van der Waals surface area contributed by atoms with Crippen LogP contribution >= 0.6 is 11.8 Å². The third-order valence-corrected chi connectivity index (χ3v) is 4.72. The van der Waals surface area contributed by atoms with Crippen LogP contribution in [0.15, 0.2) is 12.3 Å². The number of carbonyl (C=O) groups is 2. The zero-order chi connectivity index (χ0) is 13.8. The fourth-order valence-corrected chi connectivity index (χ4v) is 3.31. The van der Waals surface area contributed by atoms with Crippen LogP contribution in [-0.4, -0.2) is 34.2 Å². The highest BCUT2D eigenvalue weighted by Crippen LogP contribution is 2.27. The molecule has 4 nitrogen and oxygen atoms in total. The number of amides is 1. The van der Waals surface area contributed by atoms with Crippen molar-refractivity contribution in [3.8, 4) is 0 Å². The average Bonchev–Trinajstić information content (AvgIpc) is 2.89. The van der Waals surface area contributed by atoms with Crippen LogP contribution in [0.3, 0.4) is 0 Å². The number of aromatic nitrogens is 1. The number of carbonyl (C=O) groups excluding carboxylic acids is 2. The van der Waals surface area contributed by atoms with Crippen molar-refractivity contribution in [3.63, 3.8) is 0 Å². The third-order valence-electron chi connectivity index (χ3n) is 3.63. The molecule has 5 heteroatoms. The van der Waals surface area contributed by atoms with E-state index in [4.69, 9.17) is 0 Å². The molecule has 104 valence electrons. The Hall–Kier alpha value is -1.23. The van der Waals surface area contributed by atoms with Crippen LogP contribution in [0.25, 0.3) is 0 Å². The highest BCUT2D eigenvalue weighted by molar-refractivity contribution is 7.99. The summed E-state index contributed by atoms with van der Waals surface area (Å²) < 4.78 is 0. The fraction of sp³-hybridized carbons (Fsp3) is 0.571. The van der Waals surface area contributed by atoms with Gasteiger partial charge in [0.2, 0.25) is 0 Å². The second kappa shape index (κ2) is 6.28. The number of hydrogen-bond acceptors (Lipinski definition) is 3. The van der Waals surface area contributed by atoms with Gasteiger partial charge in [-0.15, -0.1) is 0 Å². The molecule has 2 rings (SSSR count). The largest absolute Gasteiger partial charge is 0.356 e. The minimum absolute atomic E-state index is 0.0320. The minimum Gasteiger partial charge on any atom is -0.356 e. The molecule has 1 aromatic rings. The summed E-state index contributed by atoms with van der Waals surface area (Å²) in [6, 6.07) is 1.87. The van der Waals surface area contributed by atoms with Gasteiger partial charge >= 0.3 is 0 Å². The number of Topliss-reactive ketones (excluding diaryl/α,β-unsaturated/α-hetero) is 1. The first-order chi connectivity index (χ1) is 9.10. The molecule has 1 fully saturated rings. The summed E-state index contributed by atoms with van der Waals surface area (Å²) in [5, 5.41) is 3.71. The summed E-state index contributed by atoms with van der Waals surface area (Å²) >= 11 is 1.88. The molecule has 1 amide bonds. The smallest absolute Gasteiger partial charge is 0.267 e. The monoisotopic (exact) mass is 280 g/mol. The lowest BCUT2D eigenvalue weighted by Gasteiger charge is -2.28. The van der Waals surface area contributed by atoms with E-state index in [9.17, 15) is 9.59 Å². The van der Waals surface area contributed by atoms with Crippen LogP contribution < -0.4 is 5.32 Å². The normalized spacial score (nSPS) is 23.1. The van der Waals surface area contributed by atoms with E-state index in [1.165, 1.54) is 19.8 Å². The number of thioether (sulfide) groups is 1. The van der Waals surface area contributed by atoms with Crippen molar-refractivity contribution in [1.29, 1.82) is 0 Å². The lowest BCUT2D eigenvalue weighted by molar-refractivity contribution is 0.0924. The van der Waals surface area contributed by atoms with Crippen LogP contribution in [0.4, 0.5) is 0 Å². The molecule has 0 bridgehead atoms. The highest BCUT2D eigenvalue weighted by atomic mass is 32.2. The summed E-state index contributed by atoms with van der Waals surface area (Å²) in [7, 11) is 0. The number of aromatic amines is 1. The standard InChI is InChI=1S/C14H20N2O2S/c1-9(17)10-6-13(15-8-10)14(18)16-11-4-3-5-12(7-11)19-2/h6,8,11-12,15H,3-5,7H2,1-2H3,(H,16,18)/t11-,12+/m1/s1. The summed E-state index contributed by atoms with van der Waals surface area (Å²) in [6.07, 6.45) is 8.20. The molecule has 1 saturated carbocycles. The van der Waals surface area contributed by atoms with E-state index < -0.39 is 0 Å². The molecule has 1 aromatic heterocycles. The molecule has 0 saturated heterocycles. The van der Waals surface area contributed by atoms with Crippen LogP contribution in [-0.2, 0) is 0 Å². The molecule has 0 unspecified atom stereocenters. The van der Waals surface area contributed by atoms with E-state index in [1.807, 2.05) is 11.8 Å². The Balaban J connectivity index is 1.94. The molecule has 0 aliphatic heterocycles. The zero-order valence-corrected chi connectivity index (χ0v) is 12.2. The highest BCUT2D eigenvalue weighted by Gasteiger charge is 2.23. The summed E-state index contributed by atoms with van der Waals surface area (Å²) in [6.45, 7) is 1.50. The Morgan fingerprint density at radius 3 is 2.84 bits per heavy atom. The van der Waals surface area contributed by atoms with Gasteiger partial charge in [-0.05, 0) is 38.5 Å². The Morgan fingerprint density at radius 1 is 1.42 bits per heavy atom. The molecule has 0 spiro atoms. The van der Waals surface area contributed by atoms with Gasteiger partial charge in [0.1, 0.15) is 5.69 Å². The minimum atomic E-state index is -0.112. The van der Waals surface area contributed by atoms with Gasteiger partial charge in [0.05, 0.1) is 0 Å². The van der Waals surface area contributed by atoms with Crippen molar-refractivity contribution in [1.82, 2.24) is 10.3 Å². The van der Waals surface area contributed by atoms with Crippen molar-refractivity contribution >= 4 is 23.5 Å². The molecule has 2 N–H and O–H groups in total. The van der Waals surface area contributed by atoms with E-state index in [-0.39, 0.29) is 17.7 Å². The van der Waals surface area contributed by atoms with E-state index >= 15 is 0 Å². The Bertz CT molecular complexity index is 470. The zero-order valence-electron chi connectivity index (χ0n) is 11.4. The summed E-state index contributed by atoms with van der Waals surface area (Å²) in [5.41, 5.74) is 1.02. The van der Waals surface area contributed by atoms with Crippen LogP contribution in [0, 0.1) is 0 Å². The molecule has 0 aromatic carbocycles. The molecule has 1 heterocycles. The van der Waals surface area contributed by atoms with Crippen molar-refractivity contribution in [3.05, 3.63) is 23.5 Å². The number of hydrogen-bond donors (Lipinski definition) is 2. The predicted molar refractivity (Wildman–Crippen MR) is 77.8 cm³/mol. The topological polar surface area (TPSA) is 62.0 Å². The Morgan fingerprint density at radius 2 is 2.21 bits per heavy atom. The first-order valence-corrected chi connectivity index (χ1v) is 7.92. The van der Waals surface area contributed by atoms with Gasteiger partial charge in [-0.25, -0.2) is 0 Å². The molecular weight excluding hydrogens is 260 g/mol. The second-order valence-corrected chi connectivity index (χ2v) is 6.19. The molecule has 1 aliphatic rings. The van der Waals surface area contributed by atoms with Gasteiger partial charge in [0.25, 0.3) is 5.91 Å².